The smallest absolute Gasteiger partial charge is 0.332 e. The Labute approximate surface area is 130 Å². The largest absolute Gasteiger partial charge is 0.487 e. The van der Waals surface area contributed by atoms with Crippen LogP contribution in [0.2, 0.25) is 0 Å². The van der Waals surface area contributed by atoms with Crippen LogP contribution in [0.15, 0.2) is 16.6 Å². The van der Waals surface area contributed by atoms with E-state index in [1.165, 1.54) is 6.07 Å². The van der Waals surface area contributed by atoms with Crippen molar-refractivity contribution in [1.29, 1.82) is 0 Å². The number of nitro benzene ring substituents is 1. The topological polar surface area (TPSA) is 98.9 Å². The second-order valence-electron chi connectivity index (χ2n) is 4.25. The van der Waals surface area contributed by atoms with E-state index in [0.717, 1.165) is 0 Å². The molecule has 0 spiro atoms. The summed E-state index contributed by atoms with van der Waals surface area (Å²) in [4.78, 5) is 21.4. The lowest BCUT2D eigenvalue weighted by Crippen LogP contribution is -2.26. The zero-order chi connectivity index (χ0) is 16.0. The number of hydrogen-bond donors (Lipinski definition) is 1. The Kier molecular flexibility index (Phi) is 6.57. The molecule has 8 heteroatoms. The van der Waals surface area contributed by atoms with Crippen molar-refractivity contribution in [1.82, 2.24) is 0 Å². The summed E-state index contributed by atoms with van der Waals surface area (Å²) in [6.07, 6.45) is -0.875. The van der Waals surface area contributed by atoms with E-state index in [-0.39, 0.29) is 31.1 Å². The minimum absolute atomic E-state index is 0.0142. The SMILES string of the molecule is CCOC(CCOc1c(C)cc(Br)cc1[N+](=O)[O-])C(=O)O. The lowest BCUT2D eigenvalue weighted by Gasteiger charge is -2.14. The third-order valence-corrected chi connectivity index (χ3v) is 3.14. The van der Waals surface area contributed by atoms with Crippen molar-refractivity contribution < 1.29 is 24.3 Å². The van der Waals surface area contributed by atoms with Gasteiger partial charge in [-0.2, -0.15) is 0 Å². The fourth-order valence-corrected chi connectivity index (χ4v) is 2.34. The first-order valence-corrected chi connectivity index (χ1v) is 7.07. The molecule has 0 saturated carbocycles. The monoisotopic (exact) mass is 361 g/mol. The average molecular weight is 362 g/mol. The summed E-state index contributed by atoms with van der Waals surface area (Å²) < 4.78 is 11.0. The average Bonchev–Trinajstić information content (AvgIpc) is 2.38. The number of hydrogen-bond acceptors (Lipinski definition) is 5. The van der Waals surface area contributed by atoms with Gasteiger partial charge in [-0.25, -0.2) is 4.79 Å². The minimum atomic E-state index is -1.08. The van der Waals surface area contributed by atoms with Crippen LogP contribution in [0.25, 0.3) is 0 Å². The maximum Gasteiger partial charge on any atom is 0.332 e. The van der Waals surface area contributed by atoms with E-state index in [2.05, 4.69) is 15.9 Å². The Hall–Kier alpha value is -1.67. The van der Waals surface area contributed by atoms with Gasteiger partial charge in [0.25, 0.3) is 0 Å². The van der Waals surface area contributed by atoms with Crippen LogP contribution in [-0.4, -0.2) is 35.3 Å². The highest BCUT2D eigenvalue weighted by molar-refractivity contribution is 9.10. The lowest BCUT2D eigenvalue weighted by atomic mass is 10.2. The van der Waals surface area contributed by atoms with Gasteiger partial charge in [-0.15, -0.1) is 0 Å². The fourth-order valence-electron chi connectivity index (χ4n) is 1.78. The van der Waals surface area contributed by atoms with E-state index in [9.17, 15) is 14.9 Å². The third kappa shape index (κ3) is 4.98. The molecule has 0 amide bonds. The molecule has 0 fully saturated rings. The highest BCUT2D eigenvalue weighted by atomic mass is 79.9. The molecule has 1 rings (SSSR count). The minimum Gasteiger partial charge on any atom is -0.487 e. The van der Waals surface area contributed by atoms with Crippen LogP contribution >= 0.6 is 15.9 Å². The summed E-state index contributed by atoms with van der Waals surface area (Å²) in [7, 11) is 0. The number of carbonyl (C=O) groups is 1. The zero-order valence-electron chi connectivity index (χ0n) is 11.7. The first-order valence-electron chi connectivity index (χ1n) is 6.28. The van der Waals surface area contributed by atoms with Crippen molar-refractivity contribution >= 4 is 27.6 Å². The van der Waals surface area contributed by atoms with Crippen LogP contribution in [0.1, 0.15) is 18.9 Å². The van der Waals surface area contributed by atoms with E-state index >= 15 is 0 Å². The molecule has 0 heterocycles. The van der Waals surface area contributed by atoms with Crippen molar-refractivity contribution in [2.75, 3.05) is 13.2 Å². The fraction of sp³-hybridized carbons (Fsp3) is 0.462. The number of aryl methyl sites for hydroxylation is 1. The van der Waals surface area contributed by atoms with Gasteiger partial charge in [-0.05, 0) is 25.5 Å². The molecule has 0 aliphatic carbocycles. The number of ether oxygens (including phenoxy) is 2. The molecular formula is C13H16BrNO6. The van der Waals surface area contributed by atoms with E-state index < -0.39 is 17.0 Å². The number of halogens is 1. The van der Waals surface area contributed by atoms with Gasteiger partial charge in [0.15, 0.2) is 11.9 Å². The van der Waals surface area contributed by atoms with E-state index in [1.807, 2.05) is 0 Å². The van der Waals surface area contributed by atoms with Crippen molar-refractivity contribution in [3.63, 3.8) is 0 Å². The molecule has 0 aromatic heterocycles. The second kappa shape index (κ2) is 7.94. The molecule has 0 aliphatic rings. The molecule has 0 bridgehead atoms. The molecule has 7 nitrogen and oxygen atoms in total. The first-order chi connectivity index (χ1) is 9.86. The number of nitrogens with zero attached hydrogens (tertiary/aromatic N) is 1. The molecule has 1 aromatic rings. The Morgan fingerprint density at radius 1 is 1.52 bits per heavy atom. The van der Waals surface area contributed by atoms with Crippen LogP contribution in [0.5, 0.6) is 5.75 Å². The molecule has 0 aliphatic heterocycles. The number of aliphatic carboxylic acids is 1. The standard InChI is InChI=1S/C13H16BrNO6/c1-3-20-11(13(16)17)4-5-21-12-8(2)6-9(14)7-10(12)15(18)19/h6-7,11H,3-5H2,1-2H3,(H,16,17). The maximum absolute atomic E-state index is 11.0. The van der Waals surface area contributed by atoms with Gasteiger partial charge in [0, 0.05) is 23.6 Å². The van der Waals surface area contributed by atoms with Crippen molar-refractivity contribution in [3.8, 4) is 5.75 Å². The zero-order valence-corrected chi connectivity index (χ0v) is 13.3. The molecule has 21 heavy (non-hydrogen) atoms. The molecule has 1 atom stereocenters. The summed E-state index contributed by atoms with van der Waals surface area (Å²) >= 11 is 3.19. The van der Waals surface area contributed by atoms with Crippen molar-refractivity contribution in [2.45, 2.75) is 26.4 Å². The van der Waals surface area contributed by atoms with E-state index in [1.54, 1.807) is 19.9 Å². The highest BCUT2D eigenvalue weighted by Crippen LogP contribution is 2.34. The predicted octanol–water partition coefficient (Wildman–Crippen LogP) is 2.92. The quantitative estimate of drug-likeness (QED) is 0.564. The highest BCUT2D eigenvalue weighted by Gasteiger charge is 2.21. The van der Waals surface area contributed by atoms with Gasteiger partial charge in [0.05, 0.1) is 11.5 Å². The molecule has 1 aromatic carbocycles. The predicted molar refractivity (Wildman–Crippen MR) is 78.7 cm³/mol. The second-order valence-corrected chi connectivity index (χ2v) is 5.16. The molecule has 116 valence electrons. The number of rotatable bonds is 8. The molecule has 0 saturated heterocycles. The van der Waals surface area contributed by atoms with Gasteiger partial charge in [0.2, 0.25) is 0 Å². The summed E-state index contributed by atoms with van der Waals surface area (Å²) in [6.45, 7) is 3.67. The molecule has 1 unspecified atom stereocenters. The Bertz CT molecular complexity index is 534. The normalized spacial score (nSPS) is 12.0. The van der Waals surface area contributed by atoms with Crippen LogP contribution in [0.4, 0.5) is 5.69 Å². The van der Waals surface area contributed by atoms with E-state index in [0.29, 0.717) is 10.0 Å². The maximum atomic E-state index is 11.0. The Morgan fingerprint density at radius 2 is 2.19 bits per heavy atom. The van der Waals surface area contributed by atoms with Crippen LogP contribution in [0.3, 0.4) is 0 Å². The van der Waals surface area contributed by atoms with Crippen LogP contribution in [-0.2, 0) is 9.53 Å². The number of carboxylic acids is 1. The van der Waals surface area contributed by atoms with Gasteiger partial charge in [0.1, 0.15) is 0 Å². The number of carboxylic acid groups (broad SMARTS) is 1. The van der Waals surface area contributed by atoms with Gasteiger partial charge in [-0.3, -0.25) is 10.1 Å². The Morgan fingerprint density at radius 3 is 2.71 bits per heavy atom. The van der Waals surface area contributed by atoms with Crippen molar-refractivity contribution in [3.05, 3.63) is 32.3 Å². The summed E-state index contributed by atoms with van der Waals surface area (Å²) in [6, 6.07) is 3.04. The summed E-state index contributed by atoms with van der Waals surface area (Å²) in [5.74, 6) is -0.939. The van der Waals surface area contributed by atoms with Crippen LogP contribution < -0.4 is 4.74 Å². The Balaban J connectivity index is 2.79. The third-order valence-electron chi connectivity index (χ3n) is 2.69. The summed E-state index contributed by atoms with van der Waals surface area (Å²) in [5, 5.41) is 20.0. The number of benzene rings is 1. The van der Waals surface area contributed by atoms with Gasteiger partial charge < -0.3 is 14.6 Å². The molecule has 1 N–H and O–H groups in total. The van der Waals surface area contributed by atoms with Crippen molar-refractivity contribution in [2.24, 2.45) is 0 Å². The first kappa shape index (κ1) is 17.4. The number of nitro groups is 1. The summed E-state index contributed by atoms with van der Waals surface area (Å²) in [5.41, 5.74) is 0.435. The lowest BCUT2D eigenvalue weighted by molar-refractivity contribution is -0.386. The van der Waals surface area contributed by atoms with Gasteiger partial charge >= 0.3 is 11.7 Å². The van der Waals surface area contributed by atoms with Crippen LogP contribution in [0, 0.1) is 17.0 Å². The molecular weight excluding hydrogens is 346 g/mol. The molecule has 0 radical (unpaired) electrons. The van der Waals surface area contributed by atoms with Gasteiger partial charge in [-0.1, -0.05) is 15.9 Å². The van der Waals surface area contributed by atoms with E-state index in [4.69, 9.17) is 14.6 Å².